The Morgan fingerprint density at radius 1 is 1.30 bits per heavy atom. The largest absolute Gasteiger partial charge is 0.305 e. The number of hydrogen-bond donors (Lipinski definition) is 1. The predicted octanol–water partition coefficient (Wildman–Crippen LogP) is 4.23. The quantitative estimate of drug-likeness (QED) is 0.763. The molecule has 0 aliphatic heterocycles. The summed E-state index contributed by atoms with van der Waals surface area (Å²) in [5.74, 6) is 0.479. The van der Waals surface area contributed by atoms with Crippen molar-refractivity contribution < 1.29 is 4.79 Å². The van der Waals surface area contributed by atoms with Crippen LogP contribution >= 0.6 is 11.3 Å². The summed E-state index contributed by atoms with van der Waals surface area (Å²) in [5.41, 5.74) is 1.44. The number of nitrogens with zero attached hydrogens (tertiary/aromatic N) is 3. The number of carbonyl (C=O) groups is 1. The number of hydrogen-bond acceptors (Lipinski definition) is 4. The van der Waals surface area contributed by atoms with Gasteiger partial charge >= 0.3 is 0 Å². The molecule has 23 heavy (non-hydrogen) atoms. The standard InChI is InChI=1S/C17H18N4OS/c1-3-12(2)21-15(9-10-18-21)20-16(22)14-11-23-17(19-14)13-7-5-4-6-8-13/h4-12H,3H2,1-2H3,(H,20,22). The van der Waals surface area contributed by atoms with Gasteiger partial charge in [0, 0.05) is 17.0 Å². The monoisotopic (exact) mass is 326 g/mol. The minimum absolute atomic E-state index is 0.214. The molecule has 0 saturated heterocycles. The lowest BCUT2D eigenvalue weighted by Crippen LogP contribution is -2.17. The molecule has 0 bridgehead atoms. The van der Waals surface area contributed by atoms with E-state index >= 15 is 0 Å². The van der Waals surface area contributed by atoms with Crippen LogP contribution in [0.2, 0.25) is 0 Å². The van der Waals surface area contributed by atoms with Gasteiger partial charge < -0.3 is 5.32 Å². The summed E-state index contributed by atoms with van der Waals surface area (Å²) in [6.45, 7) is 4.16. The first-order chi connectivity index (χ1) is 11.2. The van der Waals surface area contributed by atoms with Gasteiger partial charge in [-0.1, -0.05) is 37.3 Å². The SMILES string of the molecule is CCC(C)n1nccc1NC(=O)c1csc(-c2ccccc2)n1. The second kappa shape index (κ2) is 6.75. The first-order valence-electron chi connectivity index (χ1n) is 7.55. The average molecular weight is 326 g/mol. The van der Waals surface area contributed by atoms with E-state index in [2.05, 4.69) is 29.2 Å². The lowest BCUT2D eigenvalue weighted by molar-refractivity contribution is 0.102. The predicted molar refractivity (Wildman–Crippen MR) is 92.7 cm³/mol. The van der Waals surface area contributed by atoms with Crippen LogP contribution in [0.1, 0.15) is 36.8 Å². The summed E-state index contributed by atoms with van der Waals surface area (Å²) in [5, 5.41) is 9.78. The van der Waals surface area contributed by atoms with Gasteiger partial charge in [-0.25, -0.2) is 9.67 Å². The fraction of sp³-hybridized carbons (Fsp3) is 0.235. The van der Waals surface area contributed by atoms with Crippen LogP contribution in [0.4, 0.5) is 5.82 Å². The van der Waals surface area contributed by atoms with E-state index in [0.29, 0.717) is 11.5 Å². The third-order valence-corrected chi connectivity index (χ3v) is 4.57. The van der Waals surface area contributed by atoms with Crippen LogP contribution in [0.25, 0.3) is 10.6 Å². The Labute approximate surface area is 139 Å². The number of rotatable bonds is 5. The minimum Gasteiger partial charge on any atom is -0.305 e. The van der Waals surface area contributed by atoms with Crippen LogP contribution in [0.3, 0.4) is 0 Å². The molecule has 5 nitrogen and oxygen atoms in total. The Morgan fingerprint density at radius 2 is 2.09 bits per heavy atom. The zero-order chi connectivity index (χ0) is 16.2. The third-order valence-electron chi connectivity index (χ3n) is 3.68. The molecule has 0 radical (unpaired) electrons. The van der Waals surface area contributed by atoms with Crippen molar-refractivity contribution in [1.29, 1.82) is 0 Å². The van der Waals surface area contributed by atoms with Crippen LogP contribution in [0.5, 0.6) is 0 Å². The smallest absolute Gasteiger partial charge is 0.276 e. The Kier molecular flexibility index (Phi) is 4.52. The summed E-state index contributed by atoms with van der Waals surface area (Å²) in [6, 6.07) is 11.9. The molecule has 118 valence electrons. The Bertz CT molecular complexity index is 794. The normalized spacial score (nSPS) is 12.1. The van der Waals surface area contributed by atoms with Crippen LogP contribution in [0, 0.1) is 0 Å². The molecule has 6 heteroatoms. The van der Waals surface area contributed by atoms with E-state index in [0.717, 1.165) is 17.0 Å². The van der Waals surface area contributed by atoms with Gasteiger partial charge in [-0.15, -0.1) is 11.3 Å². The number of carbonyl (C=O) groups excluding carboxylic acids is 1. The second-order valence-electron chi connectivity index (χ2n) is 5.28. The van der Waals surface area contributed by atoms with E-state index in [1.165, 1.54) is 11.3 Å². The van der Waals surface area contributed by atoms with Crippen LogP contribution in [-0.4, -0.2) is 20.7 Å². The maximum atomic E-state index is 12.4. The minimum atomic E-state index is -0.214. The molecular formula is C17H18N4OS. The molecule has 1 N–H and O–H groups in total. The maximum absolute atomic E-state index is 12.4. The van der Waals surface area contributed by atoms with E-state index < -0.39 is 0 Å². The Hall–Kier alpha value is -2.47. The number of benzene rings is 1. The zero-order valence-electron chi connectivity index (χ0n) is 13.1. The molecule has 3 rings (SSSR count). The molecule has 0 aliphatic rings. The summed E-state index contributed by atoms with van der Waals surface area (Å²) in [6.07, 6.45) is 2.64. The topological polar surface area (TPSA) is 59.8 Å². The molecule has 1 amide bonds. The number of thiazole rings is 1. The maximum Gasteiger partial charge on any atom is 0.276 e. The number of nitrogens with one attached hydrogen (secondary N) is 1. The highest BCUT2D eigenvalue weighted by molar-refractivity contribution is 7.13. The fourth-order valence-electron chi connectivity index (χ4n) is 2.21. The molecule has 2 aromatic heterocycles. The molecule has 0 aliphatic carbocycles. The summed E-state index contributed by atoms with van der Waals surface area (Å²) < 4.78 is 1.82. The first-order valence-corrected chi connectivity index (χ1v) is 8.42. The van der Waals surface area contributed by atoms with E-state index in [1.807, 2.05) is 35.0 Å². The average Bonchev–Trinajstić information content (AvgIpc) is 3.24. The Morgan fingerprint density at radius 3 is 2.83 bits per heavy atom. The highest BCUT2D eigenvalue weighted by Gasteiger charge is 2.15. The van der Waals surface area contributed by atoms with Gasteiger partial charge in [0.15, 0.2) is 0 Å². The molecule has 1 atom stereocenters. The molecule has 0 fully saturated rings. The van der Waals surface area contributed by atoms with Crippen molar-refractivity contribution >= 4 is 23.1 Å². The van der Waals surface area contributed by atoms with Gasteiger partial charge in [-0.2, -0.15) is 5.10 Å². The van der Waals surface area contributed by atoms with Crippen molar-refractivity contribution in [1.82, 2.24) is 14.8 Å². The molecule has 3 aromatic rings. The molecule has 2 heterocycles. The van der Waals surface area contributed by atoms with Crippen molar-refractivity contribution in [2.75, 3.05) is 5.32 Å². The van der Waals surface area contributed by atoms with Crippen molar-refractivity contribution in [2.45, 2.75) is 26.3 Å². The molecule has 0 spiro atoms. The molecule has 1 unspecified atom stereocenters. The van der Waals surface area contributed by atoms with Crippen LogP contribution in [0.15, 0.2) is 48.0 Å². The van der Waals surface area contributed by atoms with Gasteiger partial charge in [0.2, 0.25) is 0 Å². The van der Waals surface area contributed by atoms with E-state index in [9.17, 15) is 4.79 Å². The molecular weight excluding hydrogens is 308 g/mol. The fourth-order valence-corrected chi connectivity index (χ4v) is 3.02. The highest BCUT2D eigenvalue weighted by atomic mass is 32.1. The Balaban J connectivity index is 1.77. The number of aromatic nitrogens is 3. The van der Waals surface area contributed by atoms with Crippen molar-refractivity contribution in [3.05, 3.63) is 53.7 Å². The van der Waals surface area contributed by atoms with Crippen LogP contribution in [-0.2, 0) is 0 Å². The first kappa shape index (κ1) is 15.4. The second-order valence-corrected chi connectivity index (χ2v) is 6.13. The molecule has 1 aromatic carbocycles. The third kappa shape index (κ3) is 3.32. The van der Waals surface area contributed by atoms with Gasteiger partial charge in [-0.05, 0) is 13.3 Å². The van der Waals surface area contributed by atoms with E-state index in [1.54, 1.807) is 17.6 Å². The van der Waals surface area contributed by atoms with Crippen molar-refractivity contribution in [2.24, 2.45) is 0 Å². The lowest BCUT2D eigenvalue weighted by Gasteiger charge is -2.13. The van der Waals surface area contributed by atoms with E-state index in [4.69, 9.17) is 0 Å². The highest BCUT2D eigenvalue weighted by Crippen LogP contribution is 2.24. The van der Waals surface area contributed by atoms with Gasteiger partial charge in [-0.3, -0.25) is 4.79 Å². The lowest BCUT2D eigenvalue weighted by atomic mass is 10.2. The number of anilines is 1. The summed E-state index contributed by atoms with van der Waals surface area (Å²) in [7, 11) is 0. The van der Waals surface area contributed by atoms with Crippen molar-refractivity contribution in [3.63, 3.8) is 0 Å². The van der Waals surface area contributed by atoms with Gasteiger partial charge in [0.05, 0.1) is 12.2 Å². The molecule has 0 saturated carbocycles. The number of amides is 1. The van der Waals surface area contributed by atoms with E-state index in [-0.39, 0.29) is 11.9 Å². The van der Waals surface area contributed by atoms with Crippen LogP contribution < -0.4 is 5.32 Å². The van der Waals surface area contributed by atoms with Gasteiger partial charge in [0.1, 0.15) is 16.5 Å². The van der Waals surface area contributed by atoms with Gasteiger partial charge in [0.25, 0.3) is 5.91 Å². The summed E-state index contributed by atoms with van der Waals surface area (Å²) in [4.78, 5) is 16.8. The zero-order valence-corrected chi connectivity index (χ0v) is 13.9. The van der Waals surface area contributed by atoms with Crippen molar-refractivity contribution in [3.8, 4) is 10.6 Å². The summed E-state index contributed by atoms with van der Waals surface area (Å²) >= 11 is 1.46.